The maximum absolute atomic E-state index is 9.94. The van der Waals surface area contributed by atoms with Gasteiger partial charge in [0, 0.05) is 0 Å². The molecule has 0 bridgehead atoms. The summed E-state index contributed by atoms with van der Waals surface area (Å²) in [5.41, 5.74) is 0.479. The number of rotatable bonds is 0. The van der Waals surface area contributed by atoms with Crippen molar-refractivity contribution in [3.63, 3.8) is 0 Å². The van der Waals surface area contributed by atoms with Gasteiger partial charge in [0.25, 0.3) is 0 Å². The molecule has 0 saturated heterocycles. The molecule has 0 N–H and O–H groups in total. The summed E-state index contributed by atoms with van der Waals surface area (Å²) in [4.78, 5) is 0. The maximum Gasteiger partial charge on any atom is 1.00 e. The van der Waals surface area contributed by atoms with Gasteiger partial charge in [-0.25, -0.2) is 0 Å². The van der Waals surface area contributed by atoms with Crippen LogP contribution >= 0.6 is 0 Å². The molecular formula is C6H5K2NO. The predicted molar refractivity (Wildman–Crippen MR) is 29.7 cm³/mol. The maximum atomic E-state index is 9.94. The van der Waals surface area contributed by atoms with E-state index >= 15 is 0 Å². The van der Waals surface area contributed by atoms with Gasteiger partial charge in [-0.3, -0.25) is 0 Å². The van der Waals surface area contributed by atoms with Gasteiger partial charge in [0.15, 0.2) is 0 Å². The van der Waals surface area contributed by atoms with Crippen molar-refractivity contribution in [2.45, 2.75) is 0 Å². The minimum absolute atomic E-state index is 0. The smallest absolute Gasteiger partial charge is 0.879 e. The van der Waals surface area contributed by atoms with Crippen LogP contribution in [0.5, 0.6) is 0 Å². The number of hydrogen-bond acceptors (Lipinski definition) is 1. The zero-order valence-corrected chi connectivity index (χ0v) is 12.5. The van der Waals surface area contributed by atoms with Crippen molar-refractivity contribution in [1.29, 1.82) is 0 Å². The first-order valence-corrected chi connectivity index (χ1v) is 2.29. The first-order valence-electron chi connectivity index (χ1n) is 2.29. The molecule has 0 atom stereocenters. The van der Waals surface area contributed by atoms with E-state index in [4.69, 9.17) is 0 Å². The standard InChI is InChI=1S/C6H6NO.2K/c8-5-6-3-1-2-4-7-6;;/h1-5,8H;;/q-1;2*+1/p-1/b6-5-;;. The quantitative estimate of drug-likeness (QED) is 0.274. The Labute approximate surface area is 146 Å². The molecule has 0 amide bonds. The van der Waals surface area contributed by atoms with Crippen molar-refractivity contribution in [3.05, 3.63) is 41.7 Å². The minimum Gasteiger partial charge on any atom is -0.879 e. The normalized spacial score (nSPS) is 17.0. The molecule has 10 heavy (non-hydrogen) atoms. The molecule has 1 heterocycles. The summed E-state index contributed by atoms with van der Waals surface area (Å²) in [6.45, 7) is 0. The van der Waals surface area contributed by atoms with Crippen molar-refractivity contribution in [1.82, 2.24) is 0 Å². The Morgan fingerprint density at radius 3 is 2.30 bits per heavy atom. The van der Waals surface area contributed by atoms with Crippen LogP contribution in [0.2, 0.25) is 0 Å². The van der Waals surface area contributed by atoms with Crippen LogP contribution in [0.1, 0.15) is 0 Å². The van der Waals surface area contributed by atoms with E-state index in [2.05, 4.69) is 5.32 Å². The fraction of sp³-hybridized carbons (Fsp3) is 0. The Balaban J connectivity index is 0. The van der Waals surface area contributed by atoms with E-state index in [0.717, 1.165) is 6.26 Å². The van der Waals surface area contributed by atoms with Gasteiger partial charge in [-0.2, -0.15) is 18.2 Å². The van der Waals surface area contributed by atoms with E-state index in [-0.39, 0.29) is 103 Å². The van der Waals surface area contributed by atoms with E-state index < -0.39 is 0 Å². The van der Waals surface area contributed by atoms with Crippen molar-refractivity contribution < 1.29 is 108 Å². The molecule has 0 aliphatic carbocycles. The molecule has 2 nitrogen and oxygen atoms in total. The molecule has 0 radical (unpaired) electrons. The zero-order valence-electron chi connectivity index (χ0n) is 6.24. The van der Waals surface area contributed by atoms with Crippen LogP contribution in [0.3, 0.4) is 0 Å². The Morgan fingerprint density at radius 2 is 2.00 bits per heavy atom. The molecule has 0 aromatic heterocycles. The minimum atomic E-state index is 0. The van der Waals surface area contributed by atoms with Gasteiger partial charge < -0.3 is 10.4 Å². The Bertz CT molecular complexity index is 163. The van der Waals surface area contributed by atoms with Crippen molar-refractivity contribution >= 4 is 0 Å². The van der Waals surface area contributed by atoms with Crippen LogP contribution in [0.15, 0.2) is 36.4 Å². The largest absolute Gasteiger partial charge is 1.00 e. The third kappa shape index (κ3) is 5.71. The van der Waals surface area contributed by atoms with Gasteiger partial charge >= 0.3 is 103 Å². The molecule has 1 aliphatic rings. The van der Waals surface area contributed by atoms with Crippen molar-refractivity contribution in [2.75, 3.05) is 0 Å². The second-order valence-corrected chi connectivity index (χ2v) is 1.37. The molecule has 0 saturated carbocycles. The summed E-state index contributed by atoms with van der Waals surface area (Å²) in [5.74, 6) is 0. The summed E-state index contributed by atoms with van der Waals surface area (Å²) >= 11 is 0. The van der Waals surface area contributed by atoms with Crippen LogP contribution in [-0.4, -0.2) is 0 Å². The molecular weight excluding hydrogens is 180 g/mol. The van der Waals surface area contributed by atoms with Gasteiger partial charge in [0.1, 0.15) is 0 Å². The van der Waals surface area contributed by atoms with Gasteiger partial charge in [-0.05, 0) is 0 Å². The van der Waals surface area contributed by atoms with Crippen LogP contribution in [0.4, 0.5) is 0 Å². The van der Waals surface area contributed by atoms with E-state index in [1.165, 1.54) is 0 Å². The molecule has 0 unspecified atom stereocenters. The van der Waals surface area contributed by atoms with Crippen LogP contribution in [0.25, 0.3) is 5.32 Å². The molecule has 4 heteroatoms. The molecule has 0 spiro atoms. The topological polar surface area (TPSA) is 37.2 Å². The number of hydrogen-bond donors (Lipinski definition) is 0. The molecule has 0 fully saturated rings. The fourth-order valence-electron chi connectivity index (χ4n) is 0.446. The van der Waals surface area contributed by atoms with Gasteiger partial charge in [0.2, 0.25) is 0 Å². The van der Waals surface area contributed by atoms with E-state index in [9.17, 15) is 5.11 Å². The molecule has 0 aromatic rings. The molecule has 1 aliphatic heterocycles. The van der Waals surface area contributed by atoms with Crippen molar-refractivity contribution in [2.24, 2.45) is 0 Å². The average molecular weight is 185 g/mol. The fourth-order valence-corrected chi connectivity index (χ4v) is 0.446. The van der Waals surface area contributed by atoms with Gasteiger partial charge in [-0.15, -0.1) is 0 Å². The summed E-state index contributed by atoms with van der Waals surface area (Å²) in [5, 5.41) is 13.7. The molecule has 0 aromatic carbocycles. The zero-order chi connectivity index (χ0) is 5.82. The van der Waals surface area contributed by atoms with Crippen LogP contribution in [-0.2, 0) is 0 Å². The van der Waals surface area contributed by atoms with E-state index in [1.54, 1.807) is 24.4 Å². The third-order valence-corrected chi connectivity index (χ3v) is 0.809. The van der Waals surface area contributed by atoms with E-state index in [0.29, 0.717) is 5.70 Å². The molecule has 1 rings (SSSR count). The van der Waals surface area contributed by atoms with Crippen LogP contribution in [0, 0.1) is 0 Å². The third-order valence-electron chi connectivity index (χ3n) is 0.809. The number of nitrogens with zero attached hydrogens (tertiary/aromatic N) is 1. The molecule has 42 valence electrons. The summed E-state index contributed by atoms with van der Waals surface area (Å²) in [7, 11) is 0. The first kappa shape index (κ1) is 14.6. The Morgan fingerprint density at radius 1 is 1.30 bits per heavy atom. The summed E-state index contributed by atoms with van der Waals surface area (Å²) in [6.07, 6.45) is 7.51. The predicted octanol–water partition coefficient (Wildman–Crippen LogP) is -5.35. The second-order valence-electron chi connectivity index (χ2n) is 1.37. The summed E-state index contributed by atoms with van der Waals surface area (Å²) in [6, 6.07) is 0. The van der Waals surface area contributed by atoms with Gasteiger partial charge in [0.05, 0.1) is 0 Å². The average Bonchev–Trinajstić information content (AvgIpc) is 1.90. The second kappa shape index (κ2) is 9.18. The Hall–Kier alpha value is 2.09. The van der Waals surface area contributed by atoms with Gasteiger partial charge in [-0.1, -0.05) is 18.2 Å². The first-order chi connectivity index (χ1) is 3.93. The van der Waals surface area contributed by atoms with E-state index in [1.807, 2.05) is 0 Å². The Kier molecular flexibility index (Phi) is 13.4. The van der Waals surface area contributed by atoms with Crippen LogP contribution < -0.4 is 108 Å². The SMILES string of the molecule is [K+].[K+].[O-]/C=C1/C=CC=C[N-]1. The van der Waals surface area contributed by atoms with Crippen molar-refractivity contribution in [3.8, 4) is 0 Å². The monoisotopic (exact) mass is 185 g/mol. The summed E-state index contributed by atoms with van der Waals surface area (Å²) < 4.78 is 0. The number of allylic oxidation sites excluding steroid dienone is 3.